The molecule has 0 aliphatic carbocycles. The summed E-state index contributed by atoms with van der Waals surface area (Å²) in [6.45, 7) is 4.69. The summed E-state index contributed by atoms with van der Waals surface area (Å²) in [5.41, 5.74) is 3.68. The zero-order valence-corrected chi connectivity index (χ0v) is 17.3. The van der Waals surface area contributed by atoms with E-state index >= 15 is 0 Å². The third-order valence-electron chi connectivity index (χ3n) is 5.39. The van der Waals surface area contributed by atoms with Crippen LogP contribution in [0.5, 0.6) is 11.5 Å². The number of nitriles is 1. The van der Waals surface area contributed by atoms with Gasteiger partial charge in [0, 0.05) is 24.9 Å². The van der Waals surface area contributed by atoms with Crippen LogP contribution < -0.4 is 9.47 Å². The molecule has 154 valence electrons. The Kier molecular flexibility index (Phi) is 5.27. The second-order valence-corrected chi connectivity index (χ2v) is 7.44. The molecule has 1 aliphatic heterocycles. The number of likely N-dealkylation sites (N-methyl/N-ethyl adjacent to an activating group) is 1. The van der Waals surface area contributed by atoms with Gasteiger partial charge in [-0.3, -0.25) is 4.79 Å². The van der Waals surface area contributed by atoms with Crippen LogP contribution in [0.15, 0.2) is 30.5 Å². The second kappa shape index (κ2) is 8.03. The molecular formula is C22H23N5O3. The van der Waals surface area contributed by atoms with Gasteiger partial charge in [-0.1, -0.05) is 12.1 Å². The molecule has 0 radical (unpaired) electrons. The van der Waals surface area contributed by atoms with Crippen molar-refractivity contribution in [1.29, 1.82) is 5.26 Å². The fraction of sp³-hybridized carbons (Fsp3) is 0.364. The number of carbonyl (C=O) groups excluding carboxylic acids is 1. The van der Waals surface area contributed by atoms with E-state index in [1.807, 2.05) is 38.1 Å². The molecule has 1 atom stereocenters. The zero-order chi connectivity index (χ0) is 21.3. The summed E-state index contributed by atoms with van der Waals surface area (Å²) in [5, 5.41) is 13.4. The van der Waals surface area contributed by atoms with Crippen molar-refractivity contribution < 1.29 is 14.3 Å². The number of aryl methyl sites for hydroxylation is 2. The van der Waals surface area contributed by atoms with Gasteiger partial charge in [-0.15, -0.1) is 0 Å². The highest BCUT2D eigenvalue weighted by molar-refractivity contribution is 5.76. The number of hydrogen-bond acceptors (Lipinski definition) is 6. The fourth-order valence-electron chi connectivity index (χ4n) is 3.73. The Morgan fingerprint density at radius 2 is 2.10 bits per heavy atom. The normalized spacial score (nSPS) is 15.1. The Labute approximate surface area is 174 Å². The van der Waals surface area contributed by atoms with E-state index in [2.05, 4.69) is 16.2 Å². The average molecular weight is 405 g/mol. The number of carbonyl (C=O) groups is 1. The molecule has 8 nitrogen and oxygen atoms in total. The van der Waals surface area contributed by atoms with Crippen molar-refractivity contribution in [3.63, 3.8) is 0 Å². The van der Waals surface area contributed by atoms with Crippen LogP contribution >= 0.6 is 0 Å². The molecule has 0 spiro atoms. The molecular weight excluding hydrogens is 382 g/mol. The number of ether oxygens (including phenoxy) is 2. The first kappa shape index (κ1) is 19.7. The van der Waals surface area contributed by atoms with E-state index in [9.17, 15) is 10.1 Å². The minimum Gasteiger partial charge on any atom is -0.486 e. The summed E-state index contributed by atoms with van der Waals surface area (Å²) >= 11 is 0. The van der Waals surface area contributed by atoms with Gasteiger partial charge < -0.3 is 14.4 Å². The lowest BCUT2D eigenvalue weighted by atomic mass is 10.1. The number of para-hydroxylation sites is 2. The van der Waals surface area contributed by atoms with E-state index in [-0.39, 0.29) is 12.0 Å². The van der Waals surface area contributed by atoms with Crippen LogP contribution in [-0.4, -0.2) is 51.7 Å². The predicted octanol–water partition coefficient (Wildman–Crippen LogP) is 2.45. The van der Waals surface area contributed by atoms with Crippen LogP contribution in [0.25, 0.3) is 5.65 Å². The lowest BCUT2D eigenvalue weighted by Crippen LogP contribution is -2.41. The van der Waals surface area contributed by atoms with Gasteiger partial charge in [0.25, 0.3) is 0 Å². The molecule has 1 amide bonds. The van der Waals surface area contributed by atoms with Gasteiger partial charge in [-0.2, -0.15) is 10.4 Å². The molecule has 8 heteroatoms. The molecule has 1 aromatic carbocycles. The van der Waals surface area contributed by atoms with Crippen LogP contribution in [0.2, 0.25) is 0 Å². The molecule has 1 aliphatic rings. The lowest BCUT2D eigenvalue weighted by Gasteiger charge is -2.29. The third kappa shape index (κ3) is 3.66. The largest absolute Gasteiger partial charge is 0.486 e. The van der Waals surface area contributed by atoms with E-state index in [1.165, 1.54) is 6.20 Å². The first-order valence-electron chi connectivity index (χ1n) is 9.84. The molecule has 3 aromatic rings. The lowest BCUT2D eigenvalue weighted by molar-refractivity contribution is -0.131. The first-order chi connectivity index (χ1) is 14.5. The monoisotopic (exact) mass is 405 g/mol. The molecule has 4 rings (SSSR count). The number of rotatable bonds is 5. The second-order valence-electron chi connectivity index (χ2n) is 7.44. The number of benzene rings is 1. The molecule has 30 heavy (non-hydrogen) atoms. The standard InChI is InChI=1S/C22H23N5O3/c1-14-18(15(2)27-22(25-14)16(10-23)11-24-27)8-9-21(28)26(3)12-17-13-29-19-6-4-5-7-20(19)30-17/h4-7,11,17H,8-9,12-13H2,1-3H3. The van der Waals surface area contributed by atoms with E-state index in [0.717, 1.165) is 22.7 Å². The van der Waals surface area contributed by atoms with E-state index in [0.29, 0.717) is 43.0 Å². The Bertz CT molecular complexity index is 1150. The minimum absolute atomic E-state index is 0.0227. The maximum Gasteiger partial charge on any atom is 0.222 e. The molecule has 0 saturated carbocycles. The molecule has 3 heterocycles. The number of hydrogen-bond donors (Lipinski definition) is 0. The van der Waals surface area contributed by atoms with Gasteiger partial charge in [-0.05, 0) is 38.0 Å². The van der Waals surface area contributed by atoms with Crippen molar-refractivity contribution in [2.45, 2.75) is 32.8 Å². The number of fused-ring (bicyclic) bond motifs is 2. The van der Waals surface area contributed by atoms with Crippen LogP contribution in [0.4, 0.5) is 0 Å². The zero-order valence-electron chi connectivity index (χ0n) is 17.3. The number of aromatic nitrogens is 3. The van der Waals surface area contributed by atoms with E-state index < -0.39 is 0 Å². The maximum atomic E-state index is 12.7. The van der Waals surface area contributed by atoms with Crippen LogP contribution in [0, 0.1) is 25.2 Å². The van der Waals surface area contributed by atoms with Gasteiger partial charge in [-0.25, -0.2) is 9.50 Å². The first-order valence-corrected chi connectivity index (χ1v) is 9.84. The Balaban J connectivity index is 1.39. The van der Waals surface area contributed by atoms with Crippen LogP contribution in [0.1, 0.15) is 28.9 Å². The van der Waals surface area contributed by atoms with Gasteiger partial charge in [0.15, 0.2) is 23.3 Å². The summed E-state index contributed by atoms with van der Waals surface area (Å²) in [4.78, 5) is 18.9. The molecule has 2 aromatic heterocycles. The van der Waals surface area contributed by atoms with Gasteiger partial charge >= 0.3 is 0 Å². The topological polar surface area (TPSA) is 92.8 Å². The predicted molar refractivity (Wildman–Crippen MR) is 109 cm³/mol. The van der Waals surface area contributed by atoms with Crippen molar-refractivity contribution >= 4 is 11.6 Å². The van der Waals surface area contributed by atoms with Gasteiger partial charge in [0.05, 0.1) is 12.7 Å². The third-order valence-corrected chi connectivity index (χ3v) is 5.39. The van der Waals surface area contributed by atoms with Crippen molar-refractivity contribution in [3.8, 4) is 17.6 Å². The van der Waals surface area contributed by atoms with Crippen molar-refractivity contribution in [3.05, 3.63) is 53.0 Å². The highest BCUT2D eigenvalue weighted by atomic mass is 16.6. The molecule has 0 N–H and O–H groups in total. The highest BCUT2D eigenvalue weighted by Crippen LogP contribution is 2.31. The van der Waals surface area contributed by atoms with Gasteiger partial charge in [0.2, 0.25) is 5.91 Å². The van der Waals surface area contributed by atoms with Crippen LogP contribution in [-0.2, 0) is 11.2 Å². The number of amides is 1. The molecule has 1 unspecified atom stereocenters. The van der Waals surface area contributed by atoms with Gasteiger partial charge in [0.1, 0.15) is 18.2 Å². The van der Waals surface area contributed by atoms with Crippen LogP contribution in [0.3, 0.4) is 0 Å². The highest BCUT2D eigenvalue weighted by Gasteiger charge is 2.24. The summed E-state index contributed by atoms with van der Waals surface area (Å²) in [6.07, 6.45) is 2.21. The maximum absolute atomic E-state index is 12.7. The fourth-order valence-corrected chi connectivity index (χ4v) is 3.73. The Morgan fingerprint density at radius 1 is 1.33 bits per heavy atom. The Morgan fingerprint density at radius 3 is 2.87 bits per heavy atom. The van der Waals surface area contributed by atoms with E-state index in [4.69, 9.17) is 9.47 Å². The van der Waals surface area contributed by atoms with E-state index in [1.54, 1.807) is 16.5 Å². The summed E-state index contributed by atoms with van der Waals surface area (Å²) in [6, 6.07) is 9.64. The molecule has 0 saturated heterocycles. The van der Waals surface area contributed by atoms with Crippen molar-refractivity contribution in [1.82, 2.24) is 19.5 Å². The smallest absolute Gasteiger partial charge is 0.222 e. The summed E-state index contributed by atoms with van der Waals surface area (Å²) in [7, 11) is 1.78. The molecule has 0 bridgehead atoms. The molecule has 0 fully saturated rings. The Hall–Kier alpha value is -3.60. The summed E-state index contributed by atoms with van der Waals surface area (Å²) in [5.74, 6) is 1.46. The average Bonchev–Trinajstić information content (AvgIpc) is 3.16. The SMILES string of the molecule is Cc1nc2c(C#N)cnn2c(C)c1CCC(=O)N(C)CC1COc2ccccc2O1. The summed E-state index contributed by atoms with van der Waals surface area (Å²) < 4.78 is 13.3. The van der Waals surface area contributed by atoms with Crippen molar-refractivity contribution in [2.24, 2.45) is 0 Å². The van der Waals surface area contributed by atoms with Crippen molar-refractivity contribution in [2.75, 3.05) is 20.2 Å². The number of nitrogens with zero attached hydrogens (tertiary/aromatic N) is 5. The minimum atomic E-state index is -0.205. The quantitative estimate of drug-likeness (QED) is 0.647.